The summed E-state index contributed by atoms with van der Waals surface area (Å²) in [5.74, 6) is 0. The van der Waals surface area contributed by atoms with Gasteiger partial charge in [0, 0.05) is 6.42 Å². The molecule has 3 heterocycles. The number of aliphatic hydroxyl groups excluding tert-OH is 1. The number of hydrogen-bond donors (Lipinski definition) is 1. The van der Waals surface area contributed by atoms with Gasteiger partial charge in [0.25, 0.3) is 0 Å². The molecule has 0 saturated carbocycles. The summed E-state index contributed by atoms with van der Waals surface area (Å²) in [6.07, 6.45) is 0.0484. The van der Waals surface area contributed by atoms with Crippen LogP contribution in [0.25, 0.3) is 11.2 Å². The number of aromatic nitrogens is 4. The Morgan fingerprint density at radius 2 is 2.37 bits per heavy atom. The summed E-state index contributed by atoms with van der Waals surface area (Å²) < 4.78 is 20.7. The number of nitrogens with zero attached hydrogens (tertiary/aromatic N) is 5. The Labute approximate surface area is 107 Å². The van der Waals surface area contributed by atoms with Crippen molar-refractivity contribution in [3.8, 4) is 6.07 Å². The van der Waals surface area contributed by atoms with E-state index in [0.29, 0.717) is 11.2 Å². The van der Waals surface area contributed by atoms with E-state index >= 15 is 0 Å². The zero-order valence-electron chi connectivity index (χ0n) is 9.77. The molecule has 3 rings (SSSR count). The van der Waals surface area contributed by atoms with Gasteiger partial charge in [-0.15, -0.1) is 0 Å². The van der Waals surface area contributed by atoms with E-state index < -0.39 is 18.5 Å². The van der Waals surface area contributed by atoms with Crippen molar-refractivity contribution in [2.45, 2.75) is 24.9 Å². The van der Waals surface area contributed by atoms with E-state index in [4.69, 9.17) is 15.1 Å². The second-order valence-corrected chi connectivity index (χ2v) is 4.24. The third-order valence-corrected chi connectivity index (χ3v) is 3.07. The molecule has 1 aliphatic heterocycles. The van der Waals surface area contributed by atoms with Crippen molar-refractivity contribution in [3.63, 3.8) is 0 Å². The lowest BCUT2D eigenvalue weighted by atomic mass is 10.2. The topological polar surface area (TPSA) is 96.9 Å². The zero-order chi connectivity index (χ0) is 13.4. The number of hydrogen-bond acceptors (Lipinski definition) is 6. The second kappa shape index (κ2) is 4.53. The van der Waals surface area contributed by atoms with Gasteiger partial charge in [0.2, 0.25) is 0 Å². The third kappa shape index (κ3) is 1.83. The molecule has 0 unspecified atom stereocenters. The molecule has 1 fully saturated rings. The van der Waals surface area contributed by atoms with E-state index in [1.807, 2.05) is 6.07 Å². The molecule has 8 heteroatoms. The predicted molar refractivity (Wildman–Crippen MR) is 60.5 cm³/mol. The molecule has 1 saturated heterocycles. The first-order chi connectivity index (χ1) is 9.24. The monoisotopic (exact) mass is 263 g/mol. The molecule has 0 radical (unpaired) electrons. The summed E-state index contributed by atoms with van der Waals surface area (Å²) in [6, 6.07) is 1.90. The van der Waals surface area contributed by atoms with Crippen molar-refractivity contribution in [2.75, 3.05) is 6.61 Å². The van der Waals surface area contributed by atoms with Gasteiger partial charge in [-0.1, -0.05) is 0 Å². The van der Waals surface area contributed by atoms with Crippen molar-refractivity contribution >= 4 is 11.2 Å². The molecule has 2 aromatic heterocycles. The van der Waals surface area contributed by atoms with E-state index in [0.717, 1.165) is 0 Å². The van der Waals surface area contributed by atoms with Crippen molar-refractivity contribution in [3.05, 3.63) is 18.3 Å². The SMILES string of the molecule is N#Cc1ncnc2c1ncn2[C@@H]1O[C@H](CO)C[C@@H]1F. The fraction of sp³-hybridized carbons (Fsp3) is 0.455. The van der Waals surface area contributed by atoms with Crippen LogP contribution in [0.15, 0.2) is 12.7 Å². The highest BCUT2D eigenvalue weighted by Crippen LogP contribution is 2.32. The maximum absolute atomic E-state index is 13.9. The highest BCUT2D eigenvalue weighted by Gasteiger charge is 2.37. The van der Waals surface area contributed by atoms with Crippen molar-refractivity contribution < 1.29 is 14.2 Å². The van der Waals surface area contributed by atoms with E-state index in [1.165, 1.54) is 17.2 Å². The van der Waals surface area contributed by atoms with Crippen LogP contribution >= 0.6 is 0 Å². The molecule has 0 spiro atoms. The number of rotatable bonds is 2. The van der Waals surface area contributed by atoms with Crippen LogP contribution in [0.5, 0.6) is 0 Å². The summed E-state index contributed by atoms with van der Waals surface area (Å²) in [6.45, 7) is -0.234. The highest BCUT2D eigenvalue weighted by atomic mass is 19.1. The predicted octanol–water partition coefficient (Wildman–Crippen LogP) is 0.316. The van der Waals surface area contributed by atoms with E-state index in [-0.39, 0.29) is 18.7 Å². The van der Waals surface area contributed by atoms with Crippen LogP contribution in [-0.4, -0.2) is 43.5 Å². The minimum absolute atomic E-state index is 0.122. The summed E-state index contributed by atoms with van der Waals surface area (Å²) in [5.41, 5.74) is 0.793. The first-order valence-electron chi connectivity index (χ1n) is 5.72. The number of nitriles is 1. The third-order valence-electron chi connectivity index (χ3n) is 3.07. The lowest BCUT2D eigenvalue weighted by Gasteiger charge is -2.15. The number of halogens is 1. The zero-order valence-corrected chi connectivity index (χ0v) is 9.77. The maximum Gasteiger partial charge on any atom is 0.171 e. The van der Waals surface area contributed by atoms with E-state index in [9.17, 15) is 4.39 Å². The second-order valence-electron chi connectivity index (χ2n) is 4.24. The Morgan fingerprint density at radius 3 is 3.05 bits per heavy atom. The molecule has 0 aliphatic carbocycles. The van der Waals surface area contributed by atoms with Gasteiger partial charge in [-0.2, -0.15) is 5.26 Å². The van der Waals surface area contributed by atoms with Gasteiger partial charge in [0.05, 0.1) is 19.0 Å². The van der Waals surface area contributed by atoms with Gasteiger partial charge < -0.3 is 9.84 Å². The normalized spacial score (nSPS) is 26.7. The average molecular weight is 263 g/mol. The molecular weight excluding hydrogens is 253 g/mol. The molecule has 2 aromatic rings. The van der Waals surface area contributed by atoms with Gasteiger partial charge >= 0.3 is 0 Å². The molecule has 98 valence electrons. The van der Waals surface area contributed by atoms with Gasteiger partial charge in [0.1, 0.15) is 24.1 Å². The Kier molecular flexibility index (Phi) is 2.85. The molecule has 19 heavy (non-hydrogen) atoms. The van der Waals surface area contributed by atoms with Gasteiger partial charge in [0.15, 0.2) is 17.6 Å². The smallest absolute Gasteiger partial charge is 0.171 e. The summed E-state index contributed by atoms with van der Waals surface area (Å²) in [7, 11) is 0. The summed E-state index contributed by atoms with van der Waals surface area (Å²) in [4.78, 5) is 11.8. The van der Waals surface area contributed by atoms with Crippen LogP contribution in [0, 0.1) is 11.3 Å². The molecule has 0 aromatic carbocycles. The fourth-order valence-corrected chi connectivity index (χ4v) is 2.18. The Balaban J connectivity index is 2.05. The minimum Gasteiger partial charge on any atom is -0.394 e. The van der Waals surface area contributed by atoms with Crippen LogP contribution < -0.4 is 0 Å². The van der Waals surface area contributed by atoms with Crippen LogP contribution in [0.1, 0.15) is 18.3 Å². The van der Waals surface area contributed by atoms with Crippen molar-refractivity contribution in [1.82, 2.24) is 19.5 Å². The largest absolute Gasteiger partial charge is 0.394 e. The fourth-order valence-electron chi connectivity index (χ4n) is 2.18. The highest BCUT2D eigenvalue weighted by molar-refractivity contribution is 5.75. The van der Waals surface area contributed by atoms with E-state index in [2.05, 4.69) is 15.0 Å². The van der Waals surface area contributed by atoms with E-state index in [1.54, 1.807) is 0 Å². The Bertz CT molecular complexity index is 652. The quantitative estimate of drug-likeness (QED) is 0.837. The molecule has 1 aliphatic rings. The number of ether oxygens (including phenoxy) is 1. The summed E-state index contributed by atoms with van der Waals surface area (Å²) >= 11 is 0. The standard InChI is InChI=1S/C11H10FN5O2/c12-7-1-6(3-18)19-11(7)17-5-16-9-8(2-13)14-4-15-10(9)17/h4-7,11,18H,1,3H2/t6-,7-,11+/m0/s1. The number of fused-ring (bicyclic) bond motifs is 1. The minimum atomic E-state index is -1.25. The van der Waals surface area contributed by atoms with Crippen LogP contribution in [0.3, 0.4) is 0 Å². The first-order valence-corrected chi connectivity index (χ1v) is 5.72. The summed E-state index contributed by atoms with van der Waals surface area (Å²) in [5, 5.41) is 17.9. The van der Waals surface area contributed by atoms with Crippen LogP contribution in [0.4, 0.5) is 4.39 Å². The van der Waals surface area contributed by atoms with Gasteiger partial charge in [-0.25, -0.2) is 19.3 Å². The molecular formula is C11H10FN5O2. The first kappa shape index (κ1) is 12.0. The molecule has 3 atom stereocenters. The number of imidazole rings is 1. The van der Waals surface area contributed by atoms with Gasteiger partial charge in [-0.3, -0.25) is 4.57 Å². The number of alkyl halides is 1. The van der Waals surface area contributed by atoms with Crippen molar-refractivity contribution in [2.24, 2.45) is 0 Å². The maximum atomic E-state index is 13.9. The molecule has 0 amide bonds. The Hall–Kier alpha value is -2.11. The van der Waals surface area contributed by atoms with Gasteiger partial charge in [-0.05, 0) is 0 Å². The molecule has 0 bridgehead atoms. The van der Waals surface area contributed by atoms with Crippen molar-refractivity contribution in [1.29, 1.82) is 5.26 Å². The number of aliphatic hydroxyl groups is 1. The molecule has 1 N–H and O–H groups in total. The lowest BCUT2D eigenvalue weighted by molar-refractivity contribution is -0.0351. The lowest BCUT2D eigenvalue weighted by Crippen LogP contribution is -2.16. The average Bonchev–Trinajstić information content (AvgIpc) is 3.01. The van der Waals surface area contributed by atoms with Crippen LogP contribution in [-0.2, 0) is 4.74 Å². The Morgan fingerprint density at radius 1 is 1.53 bits per heavy atom. The molecule has 7 nitrogen and oxygen atoms in total. The van der Waals surface area contributed by atoms with Crippen LogP contribution in [0.2, 0.25) is 0 Å².